The Morgan fingerprint density at radius 2 is 1.67 bits per heavy atom. The highest BCUT2D eigenvalue weighted by Crippen LogP contribution is 2.23. The largest absolute Gasteiger partial charge is 0.338 e. The summed E-state index contributed by atoms with van der Waals surface area (Å²) in [4.78, 5) is 26.0. The molecule has 0 aliphatic carbocycles. The molecule has 3 aromatic rings. The first-order valence-corrected chi connectivity index (χ1v) is 10.2. The second-order valence-electron chi connectivity index (χ2n) is 7.53. The van der Waals surface area contributed by atoms with Crippen LogP contribution in [0.15, 0.2) is 48.8 Å². The predicted octanol–water partition coefficient (Wildman–Crippen LogP) is 2.43. The molecule has 1 fully saturated rings. The number of rotatable bonds is 5. The topological polar surface area (TPSA) is 79.2 Å². The van der Waals surface area contributed by atoms with Gasteiger partial charge in [-0.3, -0.25) is 9.69 Å². The smallest absolute Gasteiger partial charge is 0.241 e. The van der Waals surface area contributed by atoms with Gasteiger partial charge in [-0.05, 0) is 39.0 Å². The van der Waals surface area contributed by atoms with Crippen LogP contribution in [0.4, 0.5) is 11.6 Å². The minimum Gasteiger partial charge on any atom is -0.338 e. The van der Waals surface area contributed by atoms with E-state index in [2.05, 4.69) is 30.2 Å². The van der Waals surface area contributed by atoms with E-state index in [4.69, 9.17) is 0 Å². The van der Waals surface area contributed by atoms with Gasteiger partial charge in [0, 0.05) is 38.6 Å². The maximum absolute atomic E-state index is 13.0. The third kappa shape index (κ3) is 4.04. The Balaban J connectivity index is 1.40. The van der Waals surface area contributed by atoms with Crippen LogP contribution in [0.1, 0.15) is 18.3 Å². The Labute approximate surface area is 176 Å². The summed E-state index contributed by atoms with van der Waals surface area (Å²) in [5.74, 6) is 0.729. The average Bonchev–Trinajstić information content (AvgIpc) is 3.08. The molecule has 0 bridgehead atoms. The van der Waals surface area contributed by atoms with Crippen LogP contribution in [0.25, 0.3) is 5.69 Å². The Morgan fingerprint density at radius 1 is 1.00 bits per heavy atom. The number of aromatic nitrogens is 4. The second kappa shape index (κ2) is 8.62. The van der Waals surface area contributed by atoms with E-state index >= 15 is 0 Å². The monoisotopic (exact) mass is 405 g/mol. The lowest BCUT2D eigenvalue weighted by atomic mass is 10.2. The van der Waals surface area contributed by atoms with E-state index in [1.165, 1.54) is 0 Å². The number of anilines is 2. The maximum Gasteiger partial charge on any atom is 0.241 e. The zero-order valence-corrected chi connectivity index (χ0v) is 17.6. The fraction of sp³-hybridized carbons (Fsp3) is 0.364. The van der Waals surface area contributed by atoms with Crippen molar-refractivity contribution in [1.82, 2.24) is 24.6 Å². The van der Waals surface area contributed by atoms with Gasteiger partial charge >= 0.3 is 0 Å². The number of aryl methyl sites for hydroxylation is 1. The standard InChI is InChI=1S/C22H27N7O/c1-16-20(17(2)29(26-16)19-8-5-4-6-9-19)25-21(30)18(3)27-12-14-28(15-13-27)22-23-10-7-11-24-22/h4-11,18H,12-15H2,1-3H3,(H,25,30). The van der Waals surface area contributed by atoms with Crippen LogP contribution in [-0.4, -0.2) is 62.8 Å². The molecule has 2 aromatic heterocycles. The van der Waals surface area contributed by atoms with Crippen LogP contribution in [0.3, 0.4) is 0 Å². The minimum atomic E-state index is -0.234. The van der Waals surface area contributed by atoms with E-state index in [9.17, 15) is 4.79 Å². The number of hydrogen-bond donors (Lipinski definition) is 1. The summed E-state index contributed by atoms with van der Waals surface area (Å²) in [5.41, 5.74) is 3.49. The number of benzene rings is 1. The maximum atomic E-state index is 13.0. The number of para-hydroxylation sites is 1. The van der Waals surface area contributed by atoms with E-state index in [1.54, 1.807) is 12.4 Å². The number of carbonyl (C=O) groups is 1. The lowest BCUT2D eigenvalue weighted by Crippen LogP contribution is -2.53. The van der Waals surface area contributed by atoms with E-state index in [0.29, 0.717) is 0 Å². The summed E-state index contributed by atoms with van der Waals surface area (Å²) in [7, 11) is 0. The van der Waals surface area contributed by atoms with E-state index in [0.717, 1.165) is 54.9 Å². The number of hydrogen-bond acceptors (Lipinski definition) is 6. The molecule has 3 heterocycles. The second-order valence-corrected chi connectivity index (χ2v) is 7.53. The van der Waals surface area contributed by atoms with Gasteiger partial charge in [0.15, 0.2) is 0 Å². The van der Waals surface area contributed by atoms with Crippen molar-refractivity contribution in [3.05, 3.63) is 60.2 Å². The Hall–Kier alpha value is -3.26. The molecule has 0 saturated carbocycles. The first-order valence-electron chi connectivity index (χ1n) is 10.2. The van der Waals surface area contributed by atoms with Gasteiger partial charge in [-0.2, -0.15) is 5.10 Å². The molecular weight excluding hydrogens is 378 g/mol. The quantitative estimate of drug-likeness (QED) is 0.702. The highest BCUT2D eigenvalue weighted by Gasteiger charge is 2.27. The van der Waals surface area contributed by atoms with Crippen LogP contribution < -0.4 is 10.2 Å². The van der Waals surface area contributed by atoms with Crippen molar-refractivity contribution in [3.63, 3.8) is 0 Å². The van der Waals surface area contributed by atoms with Gasteiger partial charge in [-0.25, -0.2) is 14.6 Å². The normalized spacial score (nSPS) is 15.8. The van der Waals surface area contributed by atoms with Gasteiger partial charge in [0.1, 0.15) is 0 Å². The van der Waals surface area contributed by atoms with Crippen LogP contribution in [0, 0.1) is 13.8 Å². The summed E-state index contributed by atoms with van der Waals surface area (Å²) >= 11 is 0. The molecule has 0 radical (unpaired) electrons. The number of nitrogens with zero attached hydrogens (tertiary/aromatic N) is 6. The van der Waals surface area contributed by atoms with Gasteiger partial charge in [-0.1, -0.05) is 18.2 Å². The molecule has 1 aliphatic heterocycles. The molecule has 1 aliphatic rings. The van der Waals surface area contributed by atoms with Crippen LogP contribution in [-0.2, 0) is 4.79 Å². The van der Waals surface area contributed by atoms with E-state index in [-0.39, 0.29) is 11.9 Å². The molecule has 1 saturated heterocycles. The lowest BCUT2D eigenvalue weighted by Gasteiger charge is -2.37. The SMILES string of the molecule is Cc1nn(-c2ccccc2)c(C)c1NC(=O)C(C)N1CCN(c2ncccn2)CC1. The highest BCUT2D eigenvalue weighted by atomic mass is 16.2. The van der Waals surface area contributed by atoms with Gasteiger partial charge in [0.25, 0.3) is 0 Å². The first kappa shape index (κ1) is 20.0. The number of amides is 1. The number of piperazine rings is 1. The van der Waals surface area contributed by atoms with Crippen molar-refractivity contribution in [2.24, 2.45) is 0 Å². The molecule has 30 heavy (non-hydrogen) atoms. The van der Waals surface area contributed by atoms with Gasteiger partial charge in [0.05, 0.1) is 28.8 Å². The summed E-state index contributed by atoms with van der Waals surface area (Å²) in [5, 5.41) is 7.72. The van der Waals surface area contributed by atoms with Crippen LogP contribution >= 0.6 is 0 Å². The van der Waals surface area contributed by atoms with E-state index < -0.39 is 0 Å². The third-order valence-corrected chi connectivity index (χ3v) is 5.62. The zero-order valence-electron chi connectivity index (χ0n) is 17.6. The molecule has 8 heteroatoms. The van der Waals surface area contributed by atoms with Crippen molar-refractivity contribution in [2.75, 3.05) is 36.4 Å². The number of nitrogens with one attached hydrogen (secondary N) is 1. The minimum absolute atomic E-state index is 0.0155. The van der Waals surface area contributed by atoms with Crippen molar-refractivity contribution in [1.29, 1.82) is 0 Å². The molecular formula is C22H27N7O. The van der Waals surface area contributed by atoms with Crippen molar-refractivity contribution in [2.45, 2.75) is 26.8 Å². The van der Waals surface area contributed by atoms with Crippen LogP contribution in [0.2, 0.25) is 0 Å². The molecule has 1 unspecified atom stereocenters. The van der Waals surface area contributed by atoms with Crippen molar-refractivity contribution >= 4 is 17.5 Å². The summed E-state index contributed by atoms with van der Waals surface area (Å²) in [6.45, 7) is 9.02. The Morgan fingerprint density at radius 3 is 2.33 bits per heavy atom. The molecule has 4 rings (SSSR count). The highest BCUT2D eigenvalue weighted by molar-refractivity contribution is 5.95. The van der Waals surface area contributed by atoms with Gasteiger partial charge in [-0.15, -0.1) is 0 Å². The Bertz CT molecular complexity index is 995. The summed E-state index contributed by atoms with van der Waals surface area (Å²) < 4.78 is 1.87. The van der Waals surface area contributed by atoms with Crippen LogP contribution in [0.5, 0.6) is 0 Å². The summed E-state index contributed by atoms with van der Waals surface area (Å²) in [6.07, 6.45) is 3.51. The fourth-order valence-corrected chi connectivity index (χ4v) is 3.80. The Kier molecular flexibility index (Phi) is 5.76. The average molecular weight is 406 g/mol. The molecule has 8 nitrogen and oxygen atoms in total. The molecule has 1 N–H and O–H groups in total. The molecule has 1 atom stereocenters. The van der Waals surface area contributed by atoms with Crippen molar-refractivity contribution < 1.29 is 4.79 Å². The third-order valence-electron chi connectivity index (χ3n) is 5.62. The summed E-state index contributed by atoms with van der Waals surface area (Å²) in [6, 6.07) is 11.5. The predicted molar refractivity (Wildman–Crippen MR) is 117 cm³/mol. The zero-order chi connectivity index (χ0) is 21.1. The van der Waals surface area contributed by atoms with Gasteiger partial charge in [0.2, 0.25) is 11.9 Å². The fourth-order valence-electron chi connectivity index (χ4n) is 3.80. The number of carbonyl (C=O) groups excluding carboxylic acids is 1. The first-order chi connectivity index (χ1) is 14.5. The van der Waals surface area contributed by atoms with E-state index in [1.807, 2.05) is 61.9 Å². The molecule has 1 amide bonds. The molecule has 0 spiro atoms. The van der Waals surface area contributed by atoms with Crippen molar-refractivity contribution in [3.8, 4) is 5.69 Å². The lowest BCUT2D eigenvalue weighted by molar-refractivity contribution is -0.120. The van der Waals surface area contributed by atoms with Gasteiger partial charge < -0.3 is 10.2 Å². The molecule has 156 valence electrons. The molecule has 1 aromatic carbocycles.